The predicted octanol–water partition coefficient (Wildman–Crippen LogP) is 5.36. The molecule has 3 atom stereocenters. The van der Waals surface area contributed by atoms with Gasteiger partial charge in [-0.05, 0) is 42.7 Å². The van der Waals surface area contributed by atoms with Gasteiger partial charge in [-0.3, -0.25) is 9.59 Å². The lowest BCUT2D eigenvalue weighted by Gasteiger charge is -2.40. The van der Waals surface area contributed by atoms with Crippen molar-refractivity contribution in [2.24, 2.45) is 0 Å². The third-order valence-electron chi connectivity index (χ3n) is 6.92. The van der Waals surface area contributed by atoms with Crippen LogP contribution in [0.5, 0.6) is 0 Å². The molecular formula is C27H23NO4. The van der Waals surface area contributed by atoms with Gasteiger partial charge in [0.05, 0.1) is 12.5 Å². The molecule has 1 aromatic carbocycles. The van der Waals surface area contributed by atoms with Crippen molar-refractivity contribution in [1.82, 2.24) is 5.32 Å². The lowest BCUT2D eigenvalue weighted by molar-refractivity contribution is -0.117. The number of benzene rings is 1. The number of dihydropyridines is 1. The maximum Gasteiger partial charge on any atom is 0.162 e. The van der Waals surface area contributed by atoms with E-state index in [1.165, 1.54) is 0 Å². The average Bonchev–Trinajstić information content (AvgIpc) is 3.52. The van der Waals surface area contributed by atoms with Crippen LogP contribution < -0.4 is 5.32 Å². The van der Waals surface area contributed by atoms with Crippen LogP contribution in [0.25, 0.3) is 0 Å². The van der Waals surface area contributed by atoms with E-state index in [-0.39, 0.29) is 29.3 Å². The monoisotopic (exact) mass is 425 g/mol. The Labute approximate surface area is 185 Å². The van der Waals surface area contributed by atoms with Gasteiger partial charge in [-0.25, -0.2) is 0 Å². The first-order chi connectivity index (χ1) is 15.7. The summed E-state index contributed by atoms with van der Waals surface area (Å²) in [7, 11) is 0. The molecule has 1 unspecified atom stereocenters. The standard InChI is InChI=1S/C27H23NO4/c29-21-14-17(23-8-4-10-31-23)12-19-26(21)25(16-6-2-1-3-7-16)27-20(28-19)13-18(15-22(27)30)24-9-5-11-32-24/h1-11,17-18,25,28H,12-15H2/t17-,18+,25?. The number of hydrogen-bond donors (Lipinski definition) is 1. The summed E-state index contributed by atoms with van der Waals surface area (Å²) in [6.07, 6.45) is 5.47. The number of rotatable bonds is 3. The van der Waals surface area contributed by atoms with E-state index in [0.29, 0.717) is 25.7 Å². The fourth-order valence-electron chi connectivity index (χ4n) is 5.52. The van der Waals surface area contributed by atoms with Gasteiger partial charge in [0.15, 0.2) is 11.6 Å². The Bertz CT molecular complexity index is 1150. The van der Waals surface area contributed by atoms with Gasteiger partial charge in [0.2, 0.25) is 0 Å². The number of carbonyl (C=O) groups is 2. The second-order valence-electron chi connectivity index (χ2n) is 8.84. The molecule has 3 aliphatic rings. The van der Waals surface area contributed by atoms with Gasteiger partial charge in [-0.15, -0.1) is 0 Å². The molecule has 2 aromatic heterocycles. The molecule has 0 saturated carbocycles. The molecule has 3 heterocycles. The maximum absolute atomic E-state index is 13.5. The van der Waals surface area contributed by atoms with Crippen molar-refractivity contribution in [3.8, 4) is 0 Å². The zero-order valence-electron chi connectivity index (χ0n) is 17.5. The molecule has 2 aliphatic carbocycles. The topological polar surface area (TPSA) is 72.5 Å². The number of carbonyl (C=O) groups excluding carboxylic acids is 2. The fourth-order valence-corrected chi connectivity index (χ4v) is 5.52. The number of furan rings is 2. The highest BCUT2D eigenvalue weighted by Crippen LogP contribution is 2.49. The van der Waals surface area contributed by atoms with Crippen LogP contribution in [0, 0.1) is 0 Å². The van der Waals surface area contributed by atoms with Crippen molar-refractivity contribution in [1.29, 1.82) is 0 Å². The van der Waals surface area contributed by atoms with Crippen molar-refractivity contribution >= 4 is 11.6 Å². The fraction of sp³-hybridized carbons (Fsp3) is 0.259. The van der Waals surface area contributed by atoms with Crippen molar-refractivity contribution in [2.75, 3.05) is 0 Å². The Hall–Kier alpha value is -3.60. The van der Waals surface area contributed by atoms with Crippen LogP contribution in [0.3, 0.4) is 0 Å². The first kappa shape index (κ1) is 19.1. The highest BCUT2D eigenvalue weighted by molar-refractivity contribution is 6.06. The minimum Gasteiger partial charge on any atom is -0.469 e. The van der Waals surface area contributed by atoms with Gasteiger partial charge in [0.1, 0.15) is 11.5 Å². The Balaban J connectivity index is 1.45. The molecule has 0 spiro atoms. The normalized spacial score (nSPS) is 25.4. The molecular weight excluding hydrogens is 402 g/mol. The third-order valence-corrected chi connectivity index (χ3v) is 6.92. The predicted molar refractivity (Wildman–Crippen MR) is 118 cm³/mol. The molecule has 0 radical (unpaired) electrons. The zero-order chi connectivity index (χ0) is 21.7. The molecule has 160 valence electrons. The summed E-state index contributed by atoms with van der Waals surface area (Å²) >= 11 is 0. The smallest absolute Gasteiger partial charge is 0.162 e. The SMILES string of the molecule is O=C1C[C@@H](c2ccco2)CC2=C1C(c1ccccc1)C1=C(C[C@@H](c3ccco3)CC1=O)N2. The van der Waals surface area contributed by atoms with Crippen LogP contribution >= 0.6 is 0 Å². The highest BCUT2D eigenvalue weighted by Gasteiger charge is 2.44. The quantitative estimate of drug-likeness (QED) is 0.612. The largest absolute Gasteiger partial charge is 0.469 e. The van der Waals surface area contributed by atoms with E-state index >= 15 is 0 Å². The van der Waals surface area contributed by atoms with Crippen molar-refractivity contribution in [2.45, 2.75) is 43.4 Å². The van der Waals surface area contributed by atoms with E-state index in [1.54, 1.807) is 12.5 Å². The molecule has 32 heavy (non-hydrogen) atoms. The summed E-state index contributed by atoms with van der Waals surface area (Å²) in [4.78, 5) is 26.9. The van der Waals surface area contributed by atoms with E-state index in [1.807, 2.05) is 54.6 Å². The van der Waals surface area contributed by atoms with Gasteiger partial charge in [-0.1, -0.05) is 30.3 Å². The van der Waals surface area contributed by atoms with Crippen LogP contribution in [0.1, 0.15) is 60.5 Å². The van der Waals surface area contributed by atoms with Crippen LogP contribution in [0.15, 0.2) is 98.5 Å². The second-order valence-corrected chi connectivity index (χ2v) is 8.84. The molecule has 6 rings (SSSR count). The van der Waals surface area contributed by atoms with Gasteiger partial charge >= 0.3 is 0 Å². The number of Topliss-reactive ketones (excluding diaryl/α,β-unsaturated/α-hetero) is 2. The molecule has 5 nitrogen and oxygen atoms in total. The van der Waals surface area contributed by atoms with Gasteiger partial charge < -0.3 is 14.2 Å². The molecule has 0 bridgehead atoms. The summed E-state index contributed by atoms with van der Waals surface area (Å²) in [5.74, 6) is 1.51. The number of hydrogen-bond acceptors (Lipinski definition) is 5. The summed E-state index contributed by atoms with van der Waals surface area (Å²) < 4.78 is 11.2. The molecule has 3 aromatic rings. The molecule has 5 heteroatoms. The van der Waals surface area contributed by atoms with E-state index in [0.717, 1.165) is 39.6 Å². The van der Waals surface area contributed by atoms with Gasteiger partial charge in [0.25, 0.3) is 0 Å². The number of ketones is 2. The van der Waals surface area contributed by atoms with E-state index in [4.69, 9.17) is 8.83 Å². The first-order valence-electron chi connectivity index (χ1n) is 11.1. The van der Waals surface area contributed by atoms with E-state index in [2.05, 4.69) is 5.32 Å². The van der Waals surface area contributed by atoms with Crippen molar-refractivity contribution in [3.05, 3.63) is 107 Å². The molecule has 0 saturated heterocycles. The molecule has 1 aliphatic heterocycles. The summed E-state index contributed by atoms with van der Waals surface area (Å²) in [5, 5.41) is 3.54. The third kappa shape index (κ3) is 3.08. The van der Waals surface area contributed by atoms with E-state index < -0.39 is 0 Å². The minimum absolute atomic E-state index is 0.00230. The Morgan fingerprint density at radius 2 is 1.19 bits per heavy atom. The Morgan fingerprint density at radius 1 is 0.656 bits per heavy atom. The summed E-state index contributed by atoms with van der Waals surface area (Å²) in [6.45, 7) is 0. The highest BCUT2D eigenvalue weighted by atomic mass is 16.3. The minimum atomic E-state index is -0.322. The summed E-state index contributed by atoms with van der Waals surface area (Å²) in [5.41, 5.74) is 4.31. The van der Waals surface area contributed by atoms with Crippen LogP contribution in [-0.4, -0.2) is 11.6 Å². The van der Waals surface area contributed by atoms with Crippen LogP contribution in [0.2, 0.25) is 0 Å². The Morgan fingerprint density at radius 3 is 1.66 bits per heavy atom. The maximum atomic E-state index is 13.5. The van der Waals surface area contributed by atoms with Crippen LogP contribution in [0.4, 0.5) is 0 Å². The average molecular weight is 425 g/mol. The van der Waals surface area contributed by atoms with E-state index in [9.17, 15) is 9.59 Å². The lowest BCUT2D eigenvalue weighted by atomic mass is 9.68. The lowest BCUT2D eigenvalue weighted by Crippen LogP contribution is -2.38. The Kier molecular flexibility index (Phi) is 4.49. The number of allylic oxidation sites excluding steroid dienone is 4. The second kappa shape index (κ2) is 7.52. The van der Waals surface area contributed by atoms with Crippen LogP contribution in [-0.2, 0) is 9.59 Å². The molecule has 1 N–H and O–H groups in total. The first-order valence-corrected chi connectivity index (χ1v) is 11.1. The summed E-state index contributed by atoms with van der Waals surface area (Å²) in [6, 6.07) is 17.5. The van der Waals surface area contributed by atoms with Gasteiger partial charge in [0, 0.05) is 53.1 Å². The molecule has 0 fully saturated rings. The van der Waals surface area contributed by atoms with Crippen molar-refractivity contribution in [3.63, 3.8) is 0 Å². The zero-order valence-corrected chi connectivity index (χ0v) is 17.5. The number of nitrogens with one attached hydrogen (secondary N) is 1. The van der Waals surface area contributed by atoms with Crippen molar-refractivity contribution < 1.29 is 18.4 Å². The molecule has 0 amide bonds. The van der Waals surface area contributed by atoms with Gasteiger partial charge in [-0.2, -0.15) is 0 Å².